The Balaban J connectivity index is 1.86. The summed E-state index contributed by atoms with van der Waals surface area (Å²) in [5.74, 6) is 1.18. The van der Waals surface area contributed by atoms with Gasteiger partial charge in [-0.1, -0.05) is 12.1 Å². The second-order valence-electron chi connectivity index (χ2n) is 7.04. The fourth-order valence-corrected chi connectivity index (χ4v) is 3.60. The van der Waals surface area contributed by atoms with Gasteiger partial charge in [0.25, 0.3) is 0 Å². The zero-order valence-electron chi connectivity index (χ0n) is 14.5. The Labute approximate surface area is 143 Å². The maximum absolute atomic E-state index is 11.3. The molecule has 1 aromatic rings. The summed E-state index contributed by atoms with van der Waals surface area (Å²) in [7, 11) is 3.77. The highest BCUT2D eigenvalue weighted by molar-refractivity contribution is 5.69. The molecule has 3 rings (SSSR count). The molecule has 5 nitrogen and oxygen atoms in total. The number of aliphatic carboxylic acids is 1. The Morgan fingerprint density at radius 3 is 2.58 bits per heavy atom. The molecule has 1 aliphatic carbocycles. The van der Waals surface area contributed by atoms with Crippen molar-refractivity contribution < 1.29 is 19.4 Å². The second-order valence-corrected chi connectivity index (χ2v) is 7.04. The maximum Gasteiger partial charge on any atom is 0.303 e. The van der Waals surface area contributed by atoms with Crippen molar-refractivity contribution in [3.63, 3.8) is 0 Å². The van der Waals surface area contributed by atoms with Gasteiger partial charge in [0, 0.05) is 24.6 Å². The highest BCUT2D eigenvalue weighted by Gasteiger charge is 2.36. The van der Waals surface area contributed by atoms with Gasteiger partial charge >= 0.3 is 5.97 Å². The normalized spacial score (nSPS) is 20.6. The summed E-state index contributed by atoms with van der Waals surface area (Å²) in [6, 6.07) is 5.85. The standard InChI is InChI=1S/C19H27NO4/c1-20-10-8-14(9-11-20)24-19-15(4-3-5-17(19)23-2)16(12-18(21)22)13-6-7-13/h3-5,13-14,16H,6-12H2,1-2H3,(H,21,22). The largest absolute Gasteiger partial charge is 0.493 e. The van der Waals surface area contributed by atoms with Crippen LogP contribution < -0.4 is 9.47 Å². The number of likely N-dealkylation sites (tertiary alicyclic amines) is 1. The van der Waals surface area contributed by atoms with E-state index < -0.39 is 5.97 Å². The second kappa shape index (κ2) is 7.43. The molecule has 5 heteroatoms. The fraction of sp³-hybridized carbons (Fsp3) is 0.632. The van der Waals surface area contributed by atoms with Crippen LogP contribution in [0.3, 0.4) is 0 Å². The number of carboxylic acid groups (broad SMARTS) is 1. The number of carbonyl (C=O) groups is 1. The van der Waals surface area contributed by atoms with Crippen molar-refractivity contribution in [3.8, 4) is 11.5 Å². The number of piperidine rings is 1. The molecular weight excluding hydrogens is 306 g/mol. The number of hydrogen-bond acceptors (Lipinski definition) is 4. The molecule has 1 N–H and O–H groups in total. The van der Waals surface area contributed by atoms with Crippen LogP contribution in [0, 0.1) is 5.92 Å². The Morgan fingerprint density at radius 1 is 1.29 bits per heavy atom. The van der Waals surface area contributed by atoms with E-state index in [1.54, 1.807) is 7.11 Å². The Hall–Kier alpha value is -1.75. The average molecular weight is 333 g/mol. The number of methoxy groups -OCH3 is 1. The van der Waals surface area contributed by atoms with Crippen LogP contribution in [0.4, 0.5) is 0 Å². The summed E-state index contributed by atoms with van der Waals surface area (Å²) in [4.78, 5) is 13.6. The van der Waals surface area contributed by atoms with Gasteiger partial charge in [-0.3, -0.25) is 4.79 Å². The molecule has 0 amide bonds. The number of nitrogens with zero attached hydrogens (tertiary/aromatic N) is 1. The summed E-state index contributed by atoms with van der Waals surface area (Å²) < 4.78 is 11.9. The predicted octanol–water partition coefficient (Wildman–Crippen LogP) is 3.14. The fourth-order valence-electron chi connectivity index (χ4n) is 3.60. The van der Waals surface area contributed by atoms with E-state index in [1.165, 1.54) is 0 Å². The molecule has 0 radical (unpaired) electrons. The van der Waals surface area contributed by atoms with E-state index in [0.717, 1.165) is 50.1 Å². The molecule has 1 heterocycles. The van der Waals surface area contributed by atoms with Gasteiger partial charge in [0.15, 0.2) is 11.5 Å². The summed E-state index contributed by atoms with van der Waals surface area (Å²) in [6.45, 7) is 2.05. The number of hydrogen-bond donors (Lipinski definition) is 1. The third kappa shape index (κ3) is 4.01. The maximum atomic E-state index is 11.3. The molecule has 0 spiro atoms. The van der Waals surface area contributed by atoms with Crippen LogP contribution in [0.1, 0.15) is 43.6 Å². The molecule has 0 bridgehead atoms. The van der Waals surface area contributed by atoms with Gasteiger partial charge in [-0.15, -0.1) is 0 Å². The van der Waals surface area contributed by atoms with Crippen LogP contribution in [0.25, 0.3) is 0 Å². The number of benzene rings is 1. The monoisotopic (exact) mass is 333 g/mol. The minimum Gasteiger partial charge on any atom is -0.493 e. The number of rotatable bonds is 7. The highest BCUT2D eigenvalue weighted by Crippen LogP contribution is 2.49. The molecule has 132 valence electrons. The topological polar surface area (TPSA) is 59.0 Å². The molecule has 1 unspecified atom stereocenters. The van der Waals surface area contributed by atoms with Crippen LogP contribution in [0.15, 0.2) is 18.2 Å². The van der Waals surface area contributed by atoms with Gasteiger partial charge in [-0.05, 0) is 44.7 Å². The van der Waals surface area contributed by atoms with Crippen molar-refractivity contribution in [1.29, 1.82) is 0 Å². The molecule has 2 aliphatic rings. The van der Waals surface area contributed by atoms with Crippen molar-refractivity contribution in [2.45, 2.75) is 44.1 Å². The van der Waals surface area contributed by atoms with Crippen LogP contribution >= 0.6 is 0 Å². The minimum atomic E-state index is -0.750. The predicted molar refractivity (Wildman–Crippen MR) is 91.9 cm³/mol. The first-order valence-electron chi connectivity index (χ1n) is 8.82. The van der Waals surface area contributed by atoms with Crippen molar-refractivity contribution in [2.24, 2.45) is 5.92 Å². The lowest BCUT2D eigenvalue weighted by atomic mass is 9.90. The number of carboxylic acids is 1. The van der Waals surface area contributed by atoms with Gasteiger partial charge in [0.2, 0.25) is 0 Å². The third-order valence-corrected chi connectivity index (χ3v) is 5.16. The average Bonchev–Trinajstić information content (AvgIpc) is 3.40. The number of ether oxygens (including phenoxy) is 2. The van der Waals surface area contributed by atoms with E-state index in [2.05, 4.69) is 11.9 Å². The molecule has 1 saturated heterocycles. The van der Waals surface area contributed by atoms with Crippen LogP contribution in [-0.4, -0.2) is 49.3 Å². The number of para-hydroxylation sites is 1. The van der Waals surface area contributed by atoms with Crippen LogP contribution in [-0.2, 0) is 4.79 Å². The minimum absolute atomic E-state index is 0.0128. The first kappa shape index (κ1) is 17.1. The summed E-state index contributed by atoms with van der Waals surface area (Å²) in [6.07, 6.45) is 4.50. The van der Waals surface area contributed by atoms with Gasteiger partial charge < -0.3 is 19.5 Å². The van der Waals surface area contributed by atoms with Crippen LogP contribution in [0.5, 0.6) is 11.5 Å². The van der Waals surface area contributed by atoms with Crippen molar-refractivity contribution in [1.82, 2.24) is 4.90 Å². The van der Waals surface area contributed by atoms with Crippen LogP contribution in [0.2, 0.25) is 0 Å². The smallest absolute Gasteiger partial charge is 0.303 e. The summed E-state index contributed by atoms with van der Waals surface area (Å²) >= 11 is 0. The van der Waals surface area contributed by atoms with Gasteiger partial charge in [-0.2, -0.15) is 0 Å². The van der Waals surface area contributed by atoms with Gasteiger partial charge in [-0.25, -0.2) is 0 Å². The first-order valence-corrected chi connectivity index (χ1v) is 8.82. The Kier molecular flexibility index (Phi) is 5.29. The van der Waals surface area contributed by atoms with E-state index in [9.17, 15) is 9.90 Å². The van der Waals surface area contributed by atoms with Crippen molar-refractivity contribution in [3.05, 3.63) is 23.8 Å². The lowest BCUT2D eigenvalue weighted by molar-refractivity contribution is -0.137. The first-order chi connectivity index (χ1) is 11.6. The zero-order valence-corrected chi connectivity index (χ0v) is 14.5. The zero-order chi connectivity index (χ0) is 17.1. The van der Waals surface area contributed by atoms with E-state index in [4.69, 9.17) is 9.47 Å². The lowest BCUT2D eigenvalue weighted by Crippen LogP contribution is -2.36. The van der Waals surface area contributed by atoms with Gasteiger partial charge in [0.05, 0.1) is 13.5 Å². The van der Waals surface area contributed by atoms with Crippen molar-refractivity contribution in [2.75, 3.05) is 27.2 Å². The van der Waals surface area contributed by atoms with E-state index in [1.807, 2.05) is 18.2 Å². The summed E-state index contributed by atoms with van der Waals surface area (Å²) in [5.41, 5.74) is 0.998. The van der Waals surface area contributed by atoms with Crippen molar-refractivity contribution >= 4 is 5.97 Å². The lowest BCUT2D eigenvalue weighted by Gasteiger charge is -2.31. The Bertz CT molecular complexity index is 577. The Morgan fingerprint density at radius 2 is 2.00 bits per heavy atom. The quantitative estimate of drug-likeness (QED) is 0.831. The van der Waals surface area contributed by atoms with Gasteiger partial charge in [0.1, 0.15) is 6.10 Å². The SMILES string of the molecule is COc1cccc(C(CC(=O)O)C2CC2)c1OC1CCN(C)CC1. The third-order valence-electron chi connectivity index (χ3n) is 5.16. The van der Waals surface area contributed by atoms with E-state index in [-0.39, 0.29) is 18.4 Å². The molecule has 1 saturated carbocycles. The molecule has 1 aliphatic heterocycles. The molecule has 24 heavy (non-hydrogen) atoms. The molecule has 2 fully saturated rings. The molecule has 1 aromatic carbocycles. The summed E-state index contributed by atoms with van der Waals surface area (Å²) in [5, 5.41) is 9.31. The molecular formula is C19H27NO4. The molecule has 1 atom stereocenters. The van der Waals surface area contributed by atoms with E-state index >= 15 is 0 Å². The molecule has 0 aromatic heterocycles. The van der Waals surface area contributed by atoms with E-state index in [0.29, 0.717) is 11.7 Å². The highest BCUT2D eigenvalue weighted by atomic mass is 16.5.